The van der Waals surface area contributed by atoms with Crippen molar-refractivity contribution in [2.75, 3.05) is 6.61 Å². The van der Waals surface area contributed by atoms with Crippen LogP contribution < -0.4 is 5.32 Å². The highest BCUT2D eigenvalue weighted by Gasteiger charge is 2.24. The van der Waals surface area contributed by atoms with Crippen LogP contribution in [0, 0.1) is 0 Å². The number of amides is 1. The number of hydrogen-bond acceptors (Lipinski definition) is 5. The number of aliphatic hydroxyl groups is 2. The maximum absolute atomic E-state index is 13.2. The molecule has 0 rings (SSSR count). The Kier molecular flexibility index (Phi) is 45.5. The van der Waals surface area contributed by atoms with Crippen molar-refractivity contribution in [3.05, 3.63) is 12.2 Å². The fourth-order valence-corrected chi connectivity index (χ4v) is 8.14. The highest BCUT2D eigenvalue weighted by atomic mass is 16.5. The SMILES string of the molecule is CCC/C=C\CCCCCCCC(=O)OC(CCCCCCCCCCCCCCCCCC)CC(=O)NC(CO)C(O)CCCCCCCCCCCCCCC. The molecule has 0 aromatic carbocycles. The van der Waals surface area contributed by atoms with E-state index in [1.165, 1.54) is 180 Å². The van der Waals surface area contributed by atoms with Crippen molar-refractivity contribution in [1.82, 2.24) is 5.32 Å². The van der Waals surface area contributed by atoms with Crippen LogP contribution in [0.25, 0.3) is 0 Å². The summed E-state index contributed by atoms with van der Waals surface area (Å²) in [5.41, 5.74) is 0. The highest BCUT2D eigenvalue weighted by molar-refractivity contribution is 5.77. The summed E-state index contributed by atoms with van der Waals surface area (Å²) in [4.78, 5) is 26.1. The van der Waals surface area contributed by atoms with Gasteiger partial charge in [-0.2, -0.15) is 0 Å². The van der Waals surface area contributed by atoms with Gasteiger partial charge in [-0.05, 0) is 44.9 Å². The van der Waals surface area contributed by atoms with E-state index in [-0.39, 0.29) is 24.9 Å². The summed E-state index contributed by atoms with van der Waals surface area (Å²) >= 11 is 0. The van der Waals surface area contributed by atoms with Crippen molar-refractivity contribution >= 4 is 11.9 Å². The van der Waals surface area contributed by atoms with Crippen LogP contribution in [-0.4, -0.2) is 46.9 Å². The minimum Gasteiger partial charge on any atom is -0.462 e. The van der Waals surface area contributed by atoms with Crippen LogP contribution in [0.3, 0.4) is 0 Å². The number of hydrogen-bond donors (Lipinski definition) is 3. The second-order valence-electron chi connectivity index (χ2n) is 17.9. The van der Waals surface area contributed by atoms with Gasteiger partial charge in [0.05, 0.1) is 25.2 Å². The largest absolute Gasteiger partial charge is 0.462 e. The summed E-state index contributed by atoms with van der Waals surface area (Å²) in [6.07, 6.45) is 51.3. The van der Waals surface area contributed by atoms with Gasteiger partial charge in [-0.25, -0.2) is 0 Å². The lowest BCUT2D eigenvalue weighted by atomic mass is 10.0. The van der Waals surface area contributed by atoms with E-state index in [9.17, 15) is 19.8 Å². The van der Waals surface area contributed by atoms with E-state index < -0.39 is 18.2 Å². The lowest BCUT2D eigenvalue weighted by Gasteiger charge is -2.24. The second-order valence-corrected chi connectivity index (χ2v) is 17.9. The molecule has 0 fully saturated rings. The summed E-state index contributed by atoms with van der Waals surface area (Å²) < 4.78 is 5.92. The van der Waals surface area contributed by atoms with E-state index in [4.69, 9.17) is 4.74 Å². The molecule has 58 heavy (non-hydrogen) atoms. The molecule has 1 amide bonds. The highest BCUT2D eigenvalue weighted by Crippen LogP contribution is 2.19. The minimum absolute atomic E-state index is 0.0813. The lowest BCUT2D eigenvalue weighted by Crippen LogP contribution is -2.46. The number of rotatable bonds is 47. The van der Waals surface area contributed by atoms with Gasteiger partial charge in [0.2, 0.25) is 5.91 Å². The number of esters is 1. The Labute approximate surface area is 361 Å². The minimum atomic E-state index is -0.782. The van der Waals surface area contributed by atoms with Crippen molar-refractivity contribution in [2.24, 2.45) is 0 Å². The Morgan fingerprint density at radius 1 is 0.483 bits per heavy atom. The number of carbonyl (C=O) groups excluding carboxylic acids is 2. The monoisotopic (exact) mass is 820 g/mol. The Bertz CT molecular complexity index is 878. The molecular formula is C52H101NO5. The number of nitrogens with one attached hydrogen (secondary N) is 1. The third kappa shape index (κ3) is 41.3. The first-order valence-electron chi connectivity index (χ1n) is 25.9. The molecule has 3 unspecified atom stereocenters. The van der Waals surface area contributed by atoms with Gasteiger partial charge < -0.3 is 20.3 Å². The number of unbranched alkanes of at least 4 members (excludes halogenated alkanes) is 33. The lowest BCUT2D eigenvalue weighted by molar-refractivity contribution is -0.151. The van der Waals surface area contributed by atoms with Crippen LogP contribution in [0.15, 0.2) is 12.2 Å². The van der Waals surface area contributed by atoms with Gasteiger partial charge in [0.1, 0.15) is 6.10 Å². The molecule has 0 saturated heterocycles. The van der Waals surface area contributed by atoms with Crippen LogP contribution >= 0.6 is 0 Å². The van der Waals surface area contributed by atoms with E-state index in [2.05, 4.69) is 38.2 Å². The fourth-order valence-electron chi connectivity index (χ4n) is 8.14. The van der Waals surface area contributed by atoms with E-state index >= 15 is 0 Å². The number of ether oxygens (including phenoxy) is 1. The fraction of sp³-hybridized carbons (Fsp3) is 0.923. The summed E-state index contributed by atoms with van der Waals surface area (Å²) in [6, 6.07) is -0.695. The molecule has 3 N–H and O–H groups in total. The maximum Gasteiger partial charge on any atom is 0.306 e. The number of carbonyl (C=O) groups is 2. The van der Waals surface area contributed by atoms with Crippen LogP contribution in [-0.2, 0) is 14.3 Å². The van der Waals surface area contributed by atoms with Gasteiger partial charge in [-0.3, -0.25) is 9.59 Å². The Hall–Kier alpha value is -1.40. The van der Waals surface area contributed by atoms with Crippen LogP contribution in [0.2, 0.25) is 0 Å². The first kappa shape index (κ1) is 56.6. The second kappa shape index (κ2) is 46.7. The average Bonchev–Trinajstić information content (AvgIpc) is 3.22. The predicted octanol–water partition coefficient (Wildman–Crippen LogP) is 15.3. The molecule has 0 saturated carbocycles. The molecule has 0 aliphatic rings. The molecule has 0 aromatic rings. The van der Waals surface area contributed by atoms with E-state index in [0.717, 1.165) is 57.8 Å². The smallest absolute Gasteiger partial charge is 0.306 e. The summed E-state index contributed by atoms with van der Waals surface area (Å²) in [5.74, 6) is -0.469. The Balaban J connectivity index is 4.51. The van der Waals surface area contributed by atoms with Gasteiger partial charge in [0.25, 0.3) is 0 Å². The van der Waals surface area contributed by atoms with Crippen molar-refractivity contribution < 1.29 is 24.5 Å². The molecule has 0 spiro atoms. The zero-order valence-electron chi connectivity index (χ0n) is 39.2. The van der Waals surface area contributed by atoms with Crippen molar-refractivity contribution in [2.45, 2.75) is 302 Å². The van der Waals surface area contributed by atoms with Crippen molar-refractivity contribution in [3.63, 3.8) is 0 Å². The van der Waals surface area contributed by atoms with Gasteiger partial charge in [-0.1, -0.05) is 238 Å². The Morgan fingerprint density at radius 2 is 0.862 bits per heavy atom. The van der Waals surface area contributed by atoms with Crippen LogP contribution in [0.1, 0.15) is 284 Å². The zero-order valence-corrected chi connectivity index (χ0v) is 39.2. The molecule has 6 heteroatoms. The molecule has 0 bridgehead atoms. The molecule has 3 atom stereocenters. The molecule has 0 radical (unpaired) electrons. The zero-order chi connectivity index (χ0) is 42.4. The number of allylic oxidation sites excluding steroid dienone is 2. The third-order valence-electron chi connectivity index (χ3n) is 12.1. The van der Waals surface area contributed by atoms with Crippen molar-refractivity contribution in [1.29, 1.82) is 0 Å². The quantitative estimate of drug-likeness (QED) is 0.0323. The summed E-state index contributed by atoms with van der Waals surface area (Å²) in [5, 5.41) is 23.8. The predicted molar refractivity (Wildman–Crippen MR) is 250 cm³/mol. The number of aliphatic hydroxyl groups excluding tert-OH is 2. The van der Waals surface area contributed by atoms with E-state index in [0.29, 0.717) is 19.3 Å². The van der Waals surface area contributed by atoms with Gasteiger partial charge in [0.15, 0.2) is 0 Å². The van der Waals surface area contributed by atoms with E-state index in [1.807, 2.05) is 0 Å². The van der Waals surface area contributed by atoms with Crippen LogP contribution in [0.5, 0.6) is 0 Å². The maximum atomic E-state index is 13.2. The molecular weight excluding hydrogens is 719 g/mol. The standard InChI is InChI=1S/C52H101NO5/c1-4-7-10-13-16-19-22-24-25-26-28-29-31-34-37-40-43-48(58-52(57)45-42-39-36-33-21-18-15-12-9-6-3)46-51(56)53-49(47-54)50(55)44-41-38-35-32-30-27-23-20-17-14-11-8-5-2/h12,15,48-50,54-55H,4-11,13-14,16-47H2,1-3H3,(H,53,56)/b15-12-. The molecule has 344 valence electrons. The van der Waals surface area contributed by atoms with Crippen LogP contribution in [0.4, 0.5) is 0 Å². The third-order valence-corrected chi connectivity index (χ3v) is 12.1. The molecule has 0 heterocycles. The summed E-state index contributed by atoms with van der Waals surface area (Å²) in [7, 11) is 0. The van der Waals surface area contributed by atoms with E-state index in [1.54, 1.807) is 0 Å². The Morgan fingerprint density at radius 3 is 1.29 bits per heavy atom. The van der Waals surface area contributed by atoms with Gasteiger partial charge >= 0.3 is 5.97 Å². The van der Waals surface area contributed by atoms with Gasteiger partial charge in [0, 0.05) is 6.42 Å². The van der Waals surface area contributed by atoms with Crippen molar-refractivity contribution in [3.8, 4) is 0 Å². The first-order chi connectivity index (χ1) is 28.5. The molecule has 0 aliphatic carbocycles. The summed E-state index contributed by atoms with van der Waals surface area (Å²) in [6.45, 7) is 6.45. The average molecular weight is 820 g/mol. The molecule has 6 nitrogen and oxygen atoms in total. The molecule has 0 aromatic heterocycles. The normalized spacial score (nSPS) is 13.3. The van der Waals surface area contributed by atoms with Gasteiger partial charge in [-0.15, -0.1) is 0 Å². The molecule has 0 aliphatic heterocycles. The first-order valence-corrected chi connectivity index (χ1v) is 25.9. The topological polar surface area (TPSA) is 95.9 Å².